The third-order valence-electron chi connectivity index (χ3n) is 4.77. The van der Waals surface area contributed by atoms with E-state index in [-0.39, 0.29) is 23.2 Å². The van der Waals surface area contributed by atoms with Crippen LogP contribution in [0.15, 0.2) is 21.1 Å². The molecular weight excluding hydrogens is 394 g/mol. The first kappa shape index (κ1) is 21.2. The van der Waals surface area contributed by atoms with Crippen LogP contribution < -0.4 is 21.9 Å². The molecule has 158 valence electrons. The Hall–Kier alpha value is -2.56. The molecule has 0 bridgehead atoms. The van der Waals surface area contributed by atoms with E-state index in [0.717, 1.165) is 19.3 Å². The summed E-state index contributed by atoms with van der Waals surface area (Å²) in [6.07, 6.45) is 6.09. The van der Waals surface area contributed by atoms with Crippen molar-refractivity contribution >= 4 is 29.2 Å². The number of anilines is 2. The third kappa shape index (κ3) is 4.72. The number of thioether (sulfide) groups is 1. The fourth-order valence-corrected chi connectivity index (χ4v) is 3.96. The summed E-state index contributed by atoms with van der Waals surface area (Å²) in [6, 6.07) is 0.412. The van der Waals surface area contributed by atoms with Crippen molar-refractivity contribution in [2.45, 2.75) is 63.7 Å². The Morgan fingerprint density at radius 1 is 1.34 bits per heavy atom. The van der Waals surface area contributed by atoms with E-state index in [2.05, 4.69) is 15.2 Å². The highest BCUT2D eigenvalue weighted by Gasteiger charge is 2.28. The minimum atomic E-state index is -0.643. The maximum absolute atomic E-state index is 13.1. The maximum atomic E-state index is 13.1. The maximum Gasteiger partial charge on any atom is 0.330 e. The first-order chi connectivity index (χ1) is 14.0. The molecule has 1 amide bonds. The number of nitrogens with two attached hydrogens (primary N) is 1. The first-order valence-electron chi connectivity index (χ1n) is 9.93. The number of H-pyrrole nitrogens is 1. The fraction of sp³-hybridized carbons (Fsp3) is 0.611. The second-order valence-electron chi connectivity index (χ2n) is 7.08. The van der Waals surface area contributed by atoms with Crippen LogP contribution in [0.2, 0.25) is 0 Å². The van der Waals surface area contributed by atoms with Crippen LogP contribution >= 0.6 is 11.8 Å². The minimum absolute atomic E-state index is 0.0243. The fourth-order valence-electron chi connectivity index (χ4n) is 3.10. The van der Waals surface area contributed by atoms with E-state index < -0.39 is 11.2 Å². The molecule has 3 N–H and O–H groups in total. The van der Waals surface area contributed by atoms with Gasteiger partial charge in [0.2, 0.25) is 5.91 Å². The first-order valence-corrected chi connectivity index (χ1v) is 10.9. The van der Waals surface area contributed by atoms with Gasteiger partial charge in [-0.15, -0.1) is 10.2 Å². The Morgan fingerprint density at radius 2 is 2.10 bits per heavy atom. The van der Waals surface area contributed by atoms with Crippen LogP contribution in [0.3, 0.4) is 0 Å². The number of nitrogens with zero attached hydrogens (tertiary/aromatic N) is 5. The summed E-state index contributed by atoms with van der Waals surface area (Å²) < 4.78 is 3.29. The van der Waals surface area contributed by atoms with Crippen LogP contribution in [0.1, 0.15) is 52.0 Å². The molecule has 2 heterocycles. The number of carbonyl (C=O) groups excluding carboxylic acids is 1. The molecule has 1 saturated carbocycles. The summed E-state index contributed by atoms with van der Waals surface area (Å²) in [4.78, 5) is 41.4. The Labute approximate surface area is 172 Å². The zero-order valence-corrected chi connectivity index (χ0v) is 17.6. The van der Waals surface area contributed by atoms with Gasteiger partial charge in [-0.2, -0.15) is 0 Å². The molecular formula is C18H27N7O3S. The van der Waals surface area contributed by atoms with Crippen LogP contribution in [0, 0.1) is 0 Å². The zero-order valence-electron chi connectivity index (χ0n) is 16.8. The topological polar surface area (TPSA) is 132 Å². The predicted octanol–water partition coefficient (Wildman–Crippen LogP) is 1.38. The Bertz CT molecular complexity index is 977. The van der Waals surface area contributed by atoms with Crippen molar-refractivity contribution in [2.24, 2.45) is 0 Å². The molecule has 1 fully saturated rings. The van der Waals surface area contributed by atoms with Gasteiger partial charge in [-0.25, -0.2) is 4.79 Å². The number of aromatic amines is 1. The lowest BCUT2D eigenvalue weighted by Gasteiger charge is -2.24. The predicted molar refractivity (Wildman–Crippen MR) is 112 cm³/mol. The van der Waals surface area contributed by atoms with Crippen LogP contribution in [0.25, 0.3) is 0 Å². The van der Waals surface area contributed by atoms with Crippen LogP contribution in [-0.2, 0) is 11.3 Å². The molecule has 0 unspecified atom stereocenters. The number of hydrogen-bond donors (Lipinski definition) is 2. The third-order valence-corrected chi connectivity index (χ3v) is 5.71. The number of hydrogen-bond acceptors (Lipinski definition) is 7. The molecule has 2 aromatic rings. The molecule has 11 heteroatoms. The number of amides is 1. The van der Waals surface area contributed by atoms with Gasteiger partial charge in [-0.05, 0) is 25.7 Å². The van der Waals surface area contributed by atoms with Crippen molar-refractivity contribution in [2.75, 3.05) is 22.9 Å². The van der Waals surface area contributed by atoms with Crippen LogP contribution in [0.5, 0.6) is 0 Å². The molecule has 0 atom stereocenters. The molecule has 0 saturated heterocycles. The molecule has 3 rings (SSSR count). The summed E-state index contributed by atoms with van der Waals surface area (Å²) in [6.45, 7) is 4.62. The molecule has 0 aromatic carbocycles. The molecule has 2 aromatic heterocycles. The molecule has 29 heavy (non-hydrogen) atoms. The van der Waals surface area contributed by atoms with Crippen molar-refractivity contribution in [1.82, 2.24) is 24.3 Å². The molecule has 0 radical (unpaired) electrons. The van der Waals surface area contributed by atoms with E-state index in [4.69, 9.17) is 5.73 Å². The van der Waals surface area contributed by atoms with Crippen molar-refractivity contribution in [3.8, 4) is 0 Å². The van der Waals surface area contributed by atoms with Crippen LogP contribution in [0.4, 0.5) is 11.5 Å². The number of carbonyl (C=O) groups is 1. The Kier molecular flexibility index (Phi) is 6.78. The molecule has 10 nitrogen and oxygen atoms in total. The Morgan fingerprint density at radius 3 is 2.76 bits per heavy atom. The van der Waals surface area contributed by atoms with Crippen molar-refractivity contribution in [3.63, 3.8) is 0 Å². The van der Waals surface area contributed by atoms with Gasteiger partial charge in [-0.1, -0.05) is 32.0 Å². The second kappa shape index (κ2) is 9.29. The van der Waals surface area contributed by atoms with Gasteiger partial charge in [0.05, 0.1) is 5.75 Å². The number of rotatable bonds is 10. The average molecular weight is 422 g/mol. The van der Waals surface area contributed by atoms with E-state index >= 15 is 0 Å². The summed E-state index contributed by atoms with van der Waals surface area (Å²) in [5.41, 5.74) is 5.00. The van der Waals surface area contributed by atoms with Gasteiger partial charge in [0.25, 0.3) is 5.56 Å². The zero-order chi connectivity index (χ0) is 21.0. The smallest absolute Gasteiger partial charge is 0.330 e. The van der Waals surface area contributed by atoms with Crippen molar-refractivity contribution in [3.05, 3.63) is 27.2 Å². The van der Waals surface area contributed by atoms with Gasteiger partial charge < -0.3 is 15.2 Å². The highest BCUT2D eigenvalue weighted by molar-refractivity contribution is 7.99. The lowest BCUT2D eigenvalue weighted by Crippen LogP contribution is -2.42. The van der Waals surface area contributed by atoms with Gasteiger partial charge in [-0.3, -0.25) is 19.1 Å². The molecule has 1 aliphatic rings. The lowest BCUT2D eigenvalue weighted by molar-refractivity contribution is -0.116. The van der Waals surface area contributed by atoms with Gasteiger partial charge in [0, 0.05) is 19.1 Å². The van der Waals surface area contributed by atoms with E-state index in [0.29, 0.717) is 37.1 Å². The SMILES string of the molecule is CCCCN(C(=O)CSc1nncn1C1CC1)c1c(N)n(CCC)c(=O)[nH]c1=O. The average Bonchev–Trinajstić information content (AvgIpc) is 3.43. The number of nitrogen functional groups attached to an aromatic ring is 1. The summed E-state index contributed by atoms with van der Waals surface area (Å²) >= 11 is 1.29. The number of aromatic nitrogens is 5. The van der Waals surface area contributed by atoms with E-state index in [9.17, 15) is 14.4 Å². The summed E-state index contributed by atoms with van der Waals surface area (Å²) in [5.74, 6) is -0.134. The van der Waals surface area contributed by atoms with Crippen molar-refractivity contribution in [1.29, 1.82) is 0 Å². The summed E-state index contributed by atoms with van der Waals surface area (Å²) in [7, 11) is 0. The highest BCUT2D eigenvalue weighted by atomic mass is 32.2. The van der Waals surface area contributed by atoms with E-state index in [1.165, 1.54) is 21.2 Å². The molecule has 1 aliphatic carbocycles. The quantitative estimate of drug-likeness (QED) is 0.554. The summed E-state index contributed by atoms with van der Waals surface area (Å²) in [5, 5.41) is 8.72. The number of unbranched alkanes of at least 4 members (excludes halogenated alkanes) is 1. The molecule has 0 aliphatic heterocycles. The Balaban J connectivity index is 1.86. The van der Waals surface area contributed by atoms with E-state index in [1.807, 2.05) is 18.4 Å². The minimum Gasteiger partial charge on any atom is -0.383 e. The van der Waals surface area contributed by atoms with Crippen molar-refractivity contribution < 1.29 is 4.79 Å². The van der Waals surface area contributed by atoms with Gasteiger partial charge in [0.1, 0.15) is 12.1 Å². The normalized spacial score (nSPS) is 13.6. The monoisotopic (exact) mass is 421 g/mol. The van der Waals surface area contributed by atoms with Crippen LogP contribution in [-0.4, -0.2) is 42.5 Å². The second-order valence-corrected chi connectivity index (χ2v) is 8.03. The van der Waals surface area contributed by atoms with Gasteiger partial charge in [0.15, 0.2) is 10.8 Å². The van der Waals surface area contributed by atoms with E-state index in [1.54, 1.807) is 6.33 Å². The largest absolute Gasteiger partial charge is 0.383 e. The standard InChI is InChI=1S/C18H27N7O3S/c1-3-5-9-23(14-15(19)24(8-4-2)17(28)21-16(14)27)13(26)10-29-18-22-20-11-25(18)12-6-7-12/h11-12H,3-10,19H2,1-2H3,(H,21,27,28). The number of nitrogens with one attached hydrogen (secondary N) is 1. The molecule has 0 spiro atoms. The highest BCUT2D eigenvalue weighted by Crippen LogP contribution is 2.37. The lowest BCUT2D eigenvalue weighted by atomic mass is 10.2. The van der Waals surface area contributed by atoms with Gasteiger partial charge >= 0.3 is 5.69 Å².